The maximum atomic E-state index is 12.3. The predicted octanol–water partition coefficient (Wildman–Crippen LogP) is 4.35. The van der Waals surface area contributed by atoms with Crippen molar-refractivity contribution >= 4 is 28.6 Å². The molecule has 0 N–H and O–H groups in total. The molecule has 2 bridgehead atoms. The Morgan fingerprint density at radius 2 is 2.06 bits per heavy atom. The largest absolute Gasteiger partial charge is 0.461 e. The van der Waals surface area contributed by atoms with Crippen LogP contribution in [0, 0.1) is 16.7 Å². The van der Waals surface area contributed by atoms with Gasteiger partial charge in [-0.25, -0.2) is 0 Å². The Kier molecular flexibility index (Phi) is 3.53. The van der Waals surface area contributed by atoms with Gasteiger partial charge in [0.25, 0.3) is 0 Å². The van der Waals surface area contributed by atoms with Crippen LogP contribution >= 0.6 is 22.6 Å². The van der Waals surface area contributed by atoms with Crippen molar-refractivity contribution < 1.29 is 9.53 Å². The average Bonchev–Trinajstić information content (AvgIpc) is 2.62. The van der Waals surface area contributed by atoms with Crippen LogP contribution in [0.4, 0.5) is 0 Å². The van der Waals surface area contributed by atoms with Crippen LogP contribution in [0.1, 0.15) is 60.3 Å². The van der Waals surface area contributed by atoms with Gasteiger partial charge in [-0.1, -0.05) is 50.3 Å². The minimum Gasteiger partial charge on any atom is -0.461 e. The van der Waals surface area contributed by atoms with E-state index in [1.165, 1.54) is 12.8 Å². The summed E-state index contributed by atoms with van der Waals surface area (Å²) in [7, 11) is 0. The molecule has 0 aromatic carbocycles. The number of fused-ring (bicyclic) bond motifs is 2. The van der Waals surface area contributed by atoms with Crippen LogP contribution in [-0.2, 0) is 9.53 Å². The maximum absolute atomic E-state index is 12.3. The Labute approximate surface area is 124 Å². The van der Waals surface area contributed by atoms with Crippen LogP contribution in [0.15, 0.2) is 0 Å². The number of rotatable bonds is 3. The summed E-state index contributed by atoms with van der Waals surface area (Å²) in [5.41, 5.74) is 0.486. The van der Waals surface area contributed by atoms with Crippen LogP contribution in [0.5, 0.6) is 0 Å². The summed E-state index contributed by atoms with van der Waals surface area (Å²) < 4.78 is 5.52. The summed E-state index contributed by atoms with van der Waals surface area (Å²) in [5.74, 6) is 0.697. The molecule has 2 nitrogen and oxygen atoms in total. The highest BCUT2D eigenvalue weighted by molar-refractivity contribution is 14.1. The van der Waals surface area contributed by atoms with E-state index >= 15 is 0 Å². The molecule has 4 atom stereocenters. The van der Waals surface area contributed by atoms with Crippen LogP contribution < -0.4 is 0 Å². The highest BCUT2D eigenvalue weighted by Gasteiger charge is 2.63. The molecule has 2 aliphatic carbocycles. The van der Waals surface area contributed by atoms with Crippen LogP contribution in [-0.4, -0.2) is 15.5 Å². The van der Waals surface area contributed by atoms with Crippen molar-refractivity contribution in [2.75, 3.05) is 0 Å². The van der Waals surface area contributed by atoms with Gasteiger partial charge in [-0.3, -0.25) is 4.79 Å². The molecule has 0 aromatic heterocycles. The first-order valence-electron chi connectivity index (χ1n) is 7.05. The minimum atomic E-state index is -0.375. The topological polar surface area (TPSA) is 26.3 Å². The molecule has 2 fully saturated rings. The number of hydrogen-bond acceptors (Lipinski definition) is 2. The lowest BCUT2D eigenvalue weighted by molar-refractivity contribution is -0.158. The SMILES string of the molecule is CCC(C)(I)C(=O)OC1CC2CCC1(C)C2(C)C. The zero-order valence-corrected chi connectivity index (χ0v) is 14.3. The van der Waals surface area contributed by atoms with Crippen LogP contribution in [0.3, 0.4) is 0 Å². The van der Waals surface area contributed by atoms with Gasteiger partial charge in [0.05, 0.1) is 0 Å². The van der Waals surface area contributed by atoms with Gasteiger partial charge < -0.3 is 4.74 Å². The van der Waals surface area contributed by atoms with Gasteiger partial charge in [0.15, 0.2) is 0 Å². The van der Waals surface area contributed by atoms with E-state index in [0.29, 0.717) is 5.41 Å². The van der Waals surface area contributed by atoms with E-state index in [1.807, 2.05) is 13.8 Å². The zero-order valence-electron chi connectivity index (χ0n) is 12.2. The van der Waals surface area contributed by atoms with Crippen molar-refractivity contribution in [2.24, 2.45) is 16.7 Å². The number of alkyl halides is 1. The van der Waals surface area contributed by atoms with Gasteiger partial charge in [-0.05, 0) is 43.9 Å². The Balaban J connectivity index is 2.12. The number of halogens is 1. The van der Waals surface area contributed by atoms with E-state index in [0.717, 1.165) is 18.8 Å². The Bertz CT molecular complexity index is 362. The number of carbonyl (C=O) groups is 1. The molecular weight excluding hydrogens is 339 g/mol. The fourth-order valence-electron chi connectivity index (χ4n) is 3.70. The Morgan fingerprint density at radius 1 is 1.44 bits per heavy atom. The lowest BCUT2D eigenvalue weighted by Gasteiger charge is -2.39. The molecule has 104 valence electrons. The monoisotopic (exact) mass is 364 g/mol. The zero-order chi connectivity index (χ0) is 13.8. The van der Waals surface area contributed by atoms with Gasteiger partial charge >= 0.3 is 5.97 Å². The molecule has 18 heavy (non-hydrogen) atoms. The smallest absolute Gasteiger partial charge is 0.322 e. The molecule has 2 rings (SSSR count). The van der Waals surface area contributed by atoms with Gasteiger partial charge in [0, 0.05) is 5.41 Å². The van der Waals surface area contributed by atoms with Crippen molar-refractivity contribution in [1.82, 2.24) is 0 Å². The van der Waals surface area contributed by atoms with E-state index in [-0.39, 0.29) is 20.9 Å². The highest BCUT2D eigenvalue weighted by atomic mass is 127. The summed E-state index contributed by atoms with van der Waals surface area (Å²) in [6.07, 6.45) is 4.51. The summed E-state index contributed by atoms with van der Waals surface area (Å²) in [6, 6.07) is 0. The van der Waals surface area contributed by atoms with Gasteiger partial charge in [0.2, 0.25) is 0 Å². The van der Waals surface area contributed by atoms with Crippen molar-refractivity contribution in [3.8, 4) is 0 Å². The molecule has 4 unspecified atom stereocenters. The molecule has 0 amide bonds. The fraction of sp³-hybridized carbons (Fsp3) is 0.933. The molecule has 0 spiro atoms. The summed E-state index contributed by atoms with van der Waals surface area (Å²) in [6.45, 7) is 11.0. The van der Waals surface area contributed by atoms with Crippen LogP contribution in [0.2, 0.25) is 0 Å². The summed E-state index contributed by atoms with van der Waals surface area (Å²) in [5, 5.41) is 0. The second-order valence-electron chi connectivity index (χ2n) is 7.06. The van der Waals surface area contributed by atoms with E-state index in [1.54, 1.807) is 0 Å². The molecule has 2 aliphatic rings. The van der Waals surface area contributed by atoms with Crippen molar-refractivity contribution in [3.63, 3.8) is 0 Å². The number of ether oxygens (including phenoxy) is 1. The van der Waals surface area contributed by atoms with Gasteiger partial charge in [-0.15, -0.1) is 0 Å². The third kappa shape index (κ3) is 1.92. The Hall–Kier alpha value is 0.200. The van der Waals surface area contributed by atoms with Crippen molar-refractivity contribution in [1.29, 1.82) is 0 Å². The first-order valence-corrected chi connectivity index (χ1v) is 8.13. The first kappa shape index (κ1) is 14.6. The number of esters is 1. The highest BCUT2D eigenvalue weighted by Crippen LogP contribution is 2.66. The van der Waals surface area contributed by atoms with E-state index < -0.39 is 0 Å². The minimum absolute atomic E-state index is 0.0276. The Morgan fingerprint density at radius 3 is 2.44 bits per heavy atom. The molecule has 0 saturated heterocycles. The molecule has 0 heterocycles. The number of carbonyl (C=O) groups excluding carboxylic acids is 1. The second kappa shape index (κ2) is 4.35. The second-order valence-corrected chi connectivity index (χ2v) is 9.44. The standard InChI is InChI=1S/C15H25IO2/c1-6-15(5,16)12(17)18-11-9-10-7-8-14(11,4)13(10,2)3/h10-11H,6-9H2,1-5H3. The average molecular weight is 364 g/mol. The molecule has 3 heteroatoms. The number of hydrogen-bond donors (Lipinski definition) is 0. The molecule has 0 aromatic rings. The lowest BCUT2D eigenvalue weighted by Crippen LogP contribution is -2.41. The molecular formula is C15H25IO2. The normalized spacial score (nSPS) is 40.6. The quantitative estimate of drug-likeness (QED) is 0.423. The van der Waals surface area contributed by atoms with E-state index in [2.05, 4.69) is 43.4 Å². The maximum Gasteiger partial charge on any atom is 0.322 e. The van der Waals surface area contributed by atoms with Crippen molar-refractivity contribution in [2.45, 2.75) is 69.8 Å². The predicted molar refractivity (Wildman–Crippen MR) is 81.8 cm³/mol. The molecule has 2 saturated carbocycles. The summed E-state index contributed by atoms with van der Waals surface area (Å²) in [4.78, 5) is 12.3. The molecule has 0 radical (unpaired) electrons. The van der Waals surface area contributed by atoms with Gasteiger partial charge in [0.1, 0.15) is 9.53 Å². The lowest BCUT2D eigenvalue weighted by atomic mass is 9.70. The third-order valence-corrected chi connectivity index (χ3v) is 7.26. The van der Waals surface area contributed by atoms with Crippen LogP contribution in [0.25, 0.3) is 0 Å². The third-order valence-electron chi connectivity index (χ3n) is 6.05. The van der Waals surface area contributed by atoms with Crippen molar-refractivity contribution in [3.05, 3.63) is 0 Å². The first-order chi connectivity index (χ1) is 8.15. The summed E-state index contributed by atoms with van der Waals surface area (Å²) >= 11 is 2.22. The van der Waals surface area contributed by atoms with Gasteiger partial charge in [-0.2, -0.15) is 0 Å². The van der Waals surface area contributed by atoms with E-state index in [9.17, 15) is 4.79 Å². The van der Waals surface area contributed by atoms with E-state index in [4.69, 9.17) is 4.74 Å². The fourth-order valence-corrected chi connectivity index (χ4v) is 3.83. The molecule has 0 aliphatic heterocycles.